The van der Waals surface area contributed by atoms with E-state index in [1.807, 2.05) is 0 Å². The van der Waals surface area contributed by atoms with Crippen molar-refractivity contribution in [3.63, 3.8) is 0 Å². The number of carbonyl (C=O) groups excluding carboxylic acids is 2. The monoisotopic (exact) mass is 509 g/mol. The van der Waals surface area contributed by atoms with Crippen LogP contribution in [0.1, 0.15) is 22.2 Å². The summed E-state index contributed by atoms with van der Waals surface area (Å²) in [4.78, 5) is 36.1. The molecule has 35 heavy (non-hydrogen) atoms. The van der Waals surface area contributed by atoms with E-state index in [0.717, 1.165) is 0 Å². The average molecular weight is 510 g/mol. The topological polar surface area (TPSA) is 135 Å². The van der Waals surface area contributed by atoms with Gasteiger partial charge in [-0.3, -0.25) is 14.9 Å². The van der Waals surface area contributed by atoms with Crippen molar-refractivity contribution in [3.8, 4) is 11.3 Å². The van der Waals surface area contributed by atoms with Gasteiger partial charge in [0, 0.05) is 16.7 Å². The molecule has 2 aromatic carbocycles. The molecule has 0 bridgehead atoms. The van der Waals surface area contributed by atoms with Crippen molar-refractivity contribution in [2.75, 3.05) is 0 Å². The van der Waals surface area contributed by atoms with Gasteiger partial charge in [-0.1, -0.05) is 23.7 Å². The second-order valence-electron chi connectivity index (χ2n) is 7.67. The fourth-order valence-corrected chi connectivity index (χ4v) is 4.00. The molecule has 182 valence electrons. The summed E-state index contributed by atoms with van der Waals surface area (Å²) in [7, 11) is 0. The Kier molecular flexibility index (Phi) is 6.03. The molecule has 1 aliphatic heterocycles. The van der Waals surface area contributed by atoms with Crippen LogP contribution in [0.5, 0.6) is 0 Å². The Morgan fingerprint density at radius 3 is 2.40 bits per heavy atom. The highest BCUT2D eigenvalue weighted by Crippen LogP contribution is 2.45. The van der Waals surface area contributed by atoms with Crippen LogP contribution in [-0.2, 0) is 0 Å². The molecule has 0 radical (unpaired) electrons. The lowest BCUT2D eigenvalue weighted by Gasteiger charge is -2.44. The molecule has 1 aromatic heterocycles. The maximum Gasteiger partial charge on any atom is 0.437 e. The van der Waals surface area contributed by atoms with E-state index in [4.69, 9.17) is 16.0 Å². The van der Waals surface area contributed by atoms with Gasteiger partial charge in [0.15, 0.2) is 5.78 Å². The van der Waals surface area contributed by atoms with Gasteiger partial charge in [-0.25, -0.2) is 4.79 Å². The summed E-state index contributed by atoms with van der Waals surface area (Å²) in [6, 6.07) is 9.64. The Labute approximate surface area is 199 Å². The molecule has 0 spiro atoms. The van der Waals surface area contributed by atoms with E-state index in [2.05, 4.69) is 5.32 Å². The molecule has 0 saturated carbocycles. The van der Waals surface area contributed by atoms with Crippen molar-refractivity contribution in [2.45, 2.75) is 17.9 Å². The number of ketones is 1. The minimum absolute atomic E-state index is 0.0238. The number of rotatable bonds is 5. The second kappa shape index (κ2) is 8.71. The highest BCUT2D eigenvalue weighted by Gasteiger charge is 2.66. The van der Waals surface area contributed by atoms with Gasteiger partial charge in [0.05, 0.1) is 10.5 Å². The predicted octanol–water partition coefficient (Wildman–Crippen LogP) is 4.61. The third kappa shape index (κ3) is 4.33. The molecule has 0 aliphatic carbocycles. The molecular weight excluding hydrogens is 495 g/mol. The zero-order chi connectivity index (χ0) is 25.5. The summed E-state index contributed by atoms with van der Waals surface area (Å²) in [6.45, 7) is 0. The zero-order valence-corrected chi connectivity index (χ0v) is 18.1. The van der Waals surface area contributed by atoms with Crippen molar-refractivity contribution in [2.24, 2.45) is 5.92 Å². The SMILES string of the molecule is O=C1N[C@H](c2ccc(-c3ccccc3[N+](=O)[O-])o2)[C@@H](C(=O)c2ccc(Cl)cc2)[C@@](O)(C(F)(F)F)N1. The molecule has 4 rings (SSSR count). The number of nitro benzene ring substituents is 1. The number of aliphatic hydroxyl groups is 1. The van der Waals surface area contributed by atoms with E-state index in [1.165, 1.54) is 66.0 Å². The Balaban J connectivity index is 1.83. The number of nitro groups is 1. The number of hydrogen-bond acceptors (Lipinski definition) is 6. The minimum Gasteiger partial charge on any atom is -0.459 e. The Hall–Kier alpha value is -3.90. The first-order valence-electron chi connectivity index (χ1n) is 9.93. The molecule has 1 aliphatic rings. The molecular formula is C22H15ClF3N3O6. The van der Waals surface area contributed by atoms with Crippen LogP contribution in [0.2, 0.25) is 5.02 Å². The number of nitrogens with one attached hydrogen (secondary N) is 2. The largest absolute Gasteiger partial charge is 0.459 e. The van der Waals surface area contributed by atoms with Gasteiger partial charge in [-0.2, -0.15) is 13.2 Å². The fraction of sp³-hybridized carbons (Fsp3) is 0.182. The van der Waals surface area contributed by atoms with Crippen LogP contribution in [0.15, 0.2) is 65.1 Å². The highest BCUT2D eigenvalue weighted by atomic mass is 35.5. The number of hydrogen-bond donors (Lipinski definition) is 3. The normalized spacial score (nSPS) is 22.3. The van der Waals surface area contributed by atoms with Gasteiger partial charge in [0.1, 0.15) is 23.5 Å². The molecule has 3 N–H and O–H groups in total. The number of para-hydroxylation sites is 1. The Morgan fingerprint density at radius 1 is 1.11 bits per heavy atom. The summed E-state index contributed by atoms with van der Waals surface area (Å²) >= 11 is 5.80. The standard InChI is InChI=1S/C22H15ClF3N3O6/c23-12-7-5-11(6-8-12)19(30)17-18(27-20(31)28-21(17,32)22(24,25)26)16-10-9-15(35-16)13-3-1-2-4-14(13)29(33)34/h1-10,17-18,32H,(H2,27,28,31)/t17-,18+,21+/m0/s1. The van der Waals surface area contributed by atoms with Crippen LogP contribution in [0, 0.1) is 16.0 Å². The van der Waals surface area contributed by atoms with Crippen LogP contribution in [0.25, 0.3) is 11.3 Å². The molecule has 2 heterocycles. The molecule has 0 unspecified atom stereocenters. The number of alkyl halides is 3. The van der Waals surface area contributed by atoms with Crippen LogP contribution in [-0.4, -0.2) is 33.7 Å². The van der Waals surface area contributed by atoms with Gasteiger partial charge < -0.3 is 20.2 Å². The van der Waals surface area contributed by atoms with E-state index in [9.17, 15) is 38.0 Å². The third-order valence-corrected chi connectivity index (χ3v) is 5.77. The number of nitrogens with zero attached hydrogens (tertiary/aromatic N) is 1. The lowest BCUT2D eigenvalue weighted by Crippen LogP contribution is -2.72. The first-order chi connectivity index (χ1) is 16.4. The lowest BCUT2D eigenvalue weighted by atomic mass is 9.79. The summed E-state index contributed by atoms with van der Waals surface area (Å²) in [5.74, 6) is -3.91. The van der Waals surface area contributed by atoms with Gasteiger partial charge in [0.2, 0.25) is 5.72 Å². The van der Waals surface area contributed by atoms with Crippen LogP contribution in [0.3, 0.4) is 0 Å². The highest BCUT2D eigenvalue weighted by molar-refractivity contribution is 6.30. The molecule has 3 aromatic rings. The third-order valence-electron chi connectivity index (χ3n) is 5.52. The van der Waals surface area contributed by atoms with E-state index in [1.54, 1.807) is 0 Å². The first-order valence-corrected chi connectivity index (χ1v) is 10.3. The molecule has 9 nitrogen and oxygen atoms in total. The average Bonchev–Trinajstić information content (AvgIpc) is 3.28. The van der Waals surface area contributed by atoms with Gasteiger partial charge in [0.25, 0.3) is 5.69 Å². The minimum atomic E-state index is -5.45. The molecule has 3 atom stereocenters. The number of carbonyl (C=O) groups is 2. The van der Waals surface area contributed by atoms with Gasteiger partial charge in [-0.05, 0) is 42.5 Å². The van der Waals surface area contributed by atoms with Gasteiger partial charge in [-0.15, -0.1) is 0 Å². The summed E-state index contributed by atoms with van der Waals surface area (Å²) in [5.41, 5.74) is -4.47. The van der Waals surface area contributed by atoms with Gasteiger partial charge >= 0.3 is 12.2 Å². The number of Topliss-reactive ketones (excluding diaryl/α,β-unsaturated/α-hetero) is 1. The molecule has 2 amide bonds. The number of furan rings is 1. The summed E-state index contributed by atoms with van der Waals surface area (Å²) < 4.78 is 47.6. The van der Waals surface area contributed by atoms with Crippen LogP contribution in [0.4, 0.5) is 23.7 Å². The smallest absolute Gasteiger partial charge is 0.437 e. The Morgan fingerprint density at radius 2 is 1.77 bits per heavy atom. The van der Waals surface area contributed by atoms with Crippen LogP contribution >= 0.6 is 11.6 Å². The quantitative estimate of drug-likeness (QED) is 0.261. The molecule has 1 saturated heterocycles. The Bertz CT molecular complexity index is 1310. The number of benzene rings is 2. The number of urea groups is 1. The predicted molar refractivity (Wildman–Crippen MR) is 115 cm³/mol. The maximum absolute atomic E-state index is 14.0. The summed E-state index contributed by atoms with van der Waals surface area (Å²) in [6.07, 6.45) is -5.45. The zero-order valence-electron chi connectivity index (χ0n) is 17.4. The van der Waals surface area contributed by atoms with Crippen molar-refractivity contribution in [3.05, 3.63) is 87.1 Å². The molecule has 13 heteroatoms. The second-order valence-corrected chi connectivity index (χ2v) is 8.10. The summed E-state index contributed by atoms with van der Waals surface area (Å²) in [5, 5.41) is 25.8. The van der Waals surface area contributed by atoms with E-state index >= 15 is 0 Å². The number of amides is 2. The van der Waals surface area contributed by atoms with E-state index < -0.39 is 40.6 Å². The van der Waals surface area contributed by atoms with Crippen LogP contribution < -0.4 is 10.6 Å². The fourth-order valence-electron chi connectivity index (χ4n) is 3.88. The van der Waals surface area contributed by atoms with Crippen molar-refractivity contribution >= 4 is 29.1 Å². The van der Waals surface area contributed by atoms with Crippen molar-refractivity contribution in [1.29, 1.82) is 0 Å². The lowest BCUT2D eigenvalue weighted by molar-refractivity contribution is -0.384. The molecule has 1 fully saturated rings. The van der Waals surface area contributed by atoms with Crippen molar-refractivity contribution in [1.82, 2.24) is 10.6 Å². The number of halogens is 4. The van der Waals surface area contributed by atoms with E-state index in [0.29, 0.717) is 0 Å². The first kappa shape index (κ1) is 24.2. The van der Waals surface area contributed by atoms with E-state index in [-0.39, 0.29) is 33.4 Å². The maximum atomic E-state index is 14.0. The van der Waals surface area contributed by atoms with Crippen molar-refractivity contribution < 1.29 is 37.2 Å².